The van der Waals surface area contributed by atoms with Gasteiger partial charge in [0.15, 0.2) is 0 Å². The highest BCUT2D eigenvalue weighted by atomic mass is 16.5. The first-order chi connectivity index (χ1) is 9.27. The lowest BCUT2D eigenvalue weighted by Crippen LogP contribution is -2.61. The molecule has 1 fully saturated rings. The lowest BCUT2D eigenvalue weighted by Gasteiger charge is -2.51. The van der Waals surface area contributed by atoms with Crippen molar-refractivity contribution in [1.82, 2.24) is 5.32 Å². The van der Waals surface area contributed by atoms with E-state index in [1.54, 1.807) is 13.2 Å². The molecule has 1 amide bonds. The summed E-state index contributed by atoms with van der Waals surface area (Å²) in [6.07, 6.45) is 1.06. The van der Waals surface area contributed by atoms with Crippen LogP contribution >= 0.6 is 0 Å². The maximum Gasteiger partial charge on any atom is 0.251 e. The molecule has 110 valence electrons. The van der Waals surface area contributed by atoms with Crippen LogP contribution < -0.4 is 11.1 Å². The molecule has 20 heavy (non-hydrogen) atoms. The van der Waals surface area contributed by atoms with Gasteiger partial charge in [0.05, 0.1) is 6.10 Å². The normalized spacial score (nSPS) is 24.1. The van der Waals surface area contributed by atoms with Crippen LogP contribution in [0.25, 0.3) is 0 Å². The molecule has 0 radical (unpaired) electrons. The van der Waals surface area contributed by atoms with Gasteiger partial charge < -0.3 is 15.8 Å². The Morgan fingerprint density at radius 2 is 2.00 bits per heavy atom. The number of hydrogen-bond donors (Lipinski definition) is 2. The van der Waals surface area contributed by atoms with Crippen LogP contribution in [0.4, 0.5) is 5.69 Å². The Bertz CT molecular complexity index is 538. The molecule has 0 aliphatic heterocycles. The molecule has 0 spiro atoms. The van der Waals surface area contributed by atoms with Crippen molar-refractivity contribution in [2.24, 2.45) is 5.41 Å². The summed E-state index contributed by atoms with van der Waals surface area (Å²) < 4.78 is 5.41. The number of methoxy groups -OCH3 is 1. The summed E-state index contributed by atoms with van der Waals surface area (Å²) >= 11 is 0. The molecular formula is C16H24N2O2. The molecule has 0 bridgehead atoms. The maximum atomic E-state index is 12.4. The number of rotatable bonds is 3. The van der Waals surface area contributed by atoms with Gasteiger partial charge in [-0.05, 0) is 37.5 Å². The highest BCUT2D eigenvalue weighted by molar-refractivity contribution is 5.97. The summed E-state index contributed by atoms with van der Waals surface area (Å²) in [5, 5.41) is 3.10. The van der Waals surface area contributed by atoms with Crippen LogP contribution in [0.5, 0.6) is 0 Å². The van der Waals surface area contributed by atoms with Gasteiger partial charge >= 0.3 is 0 Å². The Kier molecular flexibility index (Phi) is 3.78. The zero-order chi connectivity index (χ0) is 15.1. The summed E-state index contributed by atoms with van der Waals surface area (Å²) in [7, 11) is 1.72. The predicted molar refractivity (Wildman–Crippen MR) is 80.8 cm³/mol. The number of amides is 1. The van der Waals surface area contributed by atoms with Crippen LogP contribution in [0.2, 0.25) is 0 Å². The molecule has 3 N–H and O–H groups in total. The molecule has 1 aliphatic carbocycles. The monoisotopic (exact) mass is 276 g/mol. The molecule has 1 aromatic carbocycles. The number of carbonyl (C=O) groups excluding carboxylic acids is 1. The minimum absolute atomic E-state index is 0.0332. The van der Waals surface area contributed by atoms with Crippen molar-refractivity contribution >= 4 is 11.6 Å². The Balaban J connectivity index is 2.13. The van der Waals surface area contributed by atoms with E-state index in [9.17, 15) is 4.79 Å². The lowest BCUT2D eigenvalue weighted by molar-refractivity contribution is -0.0942. The number of carbonyl (C=O) groups is 1. The average molecular weight is 276 g/mol. The highest BCUT2D eigenvalue weighted by Crippen LogP contribution is 2.42. The molecule has 0 heterocycles. The smallest absolute Gasteiger partial charge is 0.251 e. The summed E-state index contributed by atoms with van der Waals surface area (Å²) in [6.45, 7) is 8.12. The SMILES string of the molecule is COC1CC(NC(=O)c2cc(N)c(C)cc2C)C1(C)C. The molecule has 4 nitrogen and oxygen atoms in total. The number of hydrogen-bond acceptors (Lipinski definition) is 3. The predicted octanol–water partition coefficient (Wildman–Crippen LogP) is 2.43. The van der Waals surface area contributed by atoms with Crippen molar-refractivity contribution in [3.63, 3.8) is 0 Å². The molecule has 1 aromatic rings. The van der Waals surface area contributed by atoms with Crippen molar-refractivity contribution in [2.75, 3.05) is 12.8 Å². The van der Waals surface area contributed by atoms with E-state index in [0.717, 1.165) is 17.5 Å². The number of benzene rings is 1. The zero-order valence-corrected chi connectivity index (χ0v) is 12.9. The third kappa shape index (κ3) is 2.40. The van der Waals surface area contributed by atoms with Gasteiger partial charge in [0.1, 0.15) is 0 Å². The van der Waals surface area contributed by atoms with Gasteiger partial charge in [-0.25, -0.2) is 0 Å². The summed E-state index contributed by atoms with van der Waals surface area (Å²) in [5.74, 6) is -0.0539. The molecular weight excluding hydrogens is 252 g/mol. The Labute approximate surface area is 120 Å². The van der Waals surface area contributed by atoms with E-state index >= 15 is 0 Å². The first-order valence-corrected chi connectivity index (χ1v) is 6.97. The molecule has 4 heteroatoms. The van der Waals surface area contributed by atoms with Crippen molar-refractivity contribution in [3.8, 4) is 0 Å². The average Bonchev–Trinajstić information content (AvgIpc) is 2.37. The molecule has 0 saturated heterocycles. The van der Waals surface area contributed by atoms with E-state index in [4.69, 9.17) is 10.5 Å². The van der Waals surface area contributed by atoms with E-state index in [1.165, 1.54) is 0 Å². The lowest BCUT2D eigenvalue weighted by atomic mass is 9.64. The van der Waals surface area contributed by atoms with Crippen molar-refractivity contribution in [3.05, 3.63) is 28.8 Å². The van der Waals surface area contributed by atoms with Gasteiger partial charge in [0.2, 0.25) is 0 Å². The zero-order valence-electron chi connectivity index (χ0n) is 12.9. The van der Waals surface area contributed by atoms with Crippen LogP contribution in [0.1, 0.15) is 41.8 Å². The summed E-state index contributed by atoms with van der Waals surface area (Å²) in [5.41, 5.74) is 9.14. The third-order valence-electron chi connectivity index (χ3n) is 4.63. The van der Waals surface area contributed by atoms with E-state index in [1.807, 2.05) is 19.9 Å². The molecule has 1 aliphatic rings. The third-order valence-corrected chi connectivity index (χ3v) is 4.63. The minimum atomic E-state index is -0.0539. The first kappa shape index (κ1) is 14.9. The first-order valence-electron chi connectivity index (χ1n) is 6.97. The Hall–Kier alpha value is -1.55. The second-order valence-corrected chi connectivity index (χ2v) is 6.33. The van der Waals surface area contributed by atoms with Gasteiger partial charge in [0.25, 0.3) is 5.91 Å². The van der Waals surface area contributed by atoms with Gasteiger partial charge in [-0.15, -0.1) is 0 Å². The number of anilines is 1. The number of nitrogens with two attached hydrogens (primary N) is 1. The van der Waals surface area contributed by atoms with Crippen molar-refractivity contribution < 1.29 is 9.53 Å². The van der Waals surface area contributed by atoms with E-state index in [-0.39, 0.29) is 23.5 Å². The van der Waals surface area contributed by atoms with Crippen LogP contribution in [-0.4, -0.2) is 25.2 Å². The fraction of sp³-hybridized carbons (Fsp3) is 0.562. The van der Waals surface area contributed by atoms with E-state index in [0.29, 0.717) is 11.3 Å². The Morgan fingerprint density at radius 1 is 1.35 bits per heavy atom. The number of aryl methyl sites for hydroxylation is 2. The van der Waals surface area contributed by atoms with Gasteiger partial charge in [-0.2, -0.15) is 0 Å². The highest BCUT2D eigenvalue weighted by Gasteiger charge is 2.49. The molecule has 1 saturated carbocycles. The van der Waals surface area contributed by atoms with Crippen LogP contribution in [0, 0.1) is 19.3 Å². The molecule has 2 rings (SSSR count). The second kappa shape index (κ2) is 5.09. The van der Waals surface area contributed by atoms with Crippen molar-refractivity contribution in [1.29, 1.82) is 0 Å². The standard InChI is InChI=1S/C16H24N2O2/c1-9-6-10(2)12(17)7-11(9)15(19)18-13-8-14(20-5)16(13,3)4/h6-7,13-14H,8,17H2,1-5H3,(H,18,19). The summed E-state index contributed by atoms with van der Waals surface area (Å²) in [4.78, 5) is 12.4. The van der Waals surface area contributed by atoms with Gasteiger partial charge in [-0.3, -0.25) is 4.79 Å². The molecule has 0 aromatic heterocycles. The molecule has 2 unspecified atom stereocenters. The Morgan fingerprint density at radius 3 is 2.55 bits per heavy atom. The van der Waals surface area contributed by atoms with E-state index < -0.39 is 0 Å². The van der Waals surface area contributed by atoms with Crippen molar-refractivity contribution in [2.45, 2.75) is 46.3 Å². The van der Waals surface area contributed by atoms with Gasteiger partial charge in [0, 0.05) is 29.8 Å². The van der Waals surface area contributed by atoms with Crippen LogP contribution in [0.3, 0.4) is 0 Å². The topological polar surface area (TPSA) is 64.3 Å². The quantitative estimate of drug-likeness (QED) is 0.833. The largest absolute Gasteiger partial charge is 0.398 e. The van der Waals surface area contributed by atoms with E-state index in [2.05, 4.69) is 19.2 Å². The molecule has 2 atom stereocenters. The maximum absolute atomic E-state index is 12.4. The number of nitrogen functional groups attached to an aromatic ring is 1. The number of ether oxygens (including phenoxy) is 1. The van der Waals surface area contributed by atoms with Crippen LogP contribution in [0.15, 0.2) is 12.1 Å². The fourth-order valence-corrected chi connectivity index (χ4v) is 2.88. The minimum Gasteiger partial charge on any atom is -0.398 e. The summed E-state index contributed by atoms with van der Waals surface area (Å²) in [6, 6.07) is 3.86. The second-order valence-electron chi connectivity index (χ2n) is 6.33. The van der Waals surface area contributed by atoms with Gasteiger partial charge in [-0.1, -0.05) is 19.9 Å². The van der Waals surface area contributed by atoms with Crippen LogP contribution in [-0.2, 0) is 4.74 Å². The fourth-order valence-electron chi connectivity index (χ4n) is 2.88. The number of nitrogens with one attached hydrogen (secondary N) is 1.